The number of nitrogens with zero attached hydrogens (tertiary/aromatic N) is 4. The molecule has 1 saturated heterocycles. The van der Waals surface area contributed by atoms with Gasteiger partial charge < -0.3 is 20.3 Å². The zero-order chi connectivity index (χ0) is 18.9. The van der Waals surface area contributed by atoms with Crippen LogP contribution in [0.25, 0.3) is 11.0 Å². The van der Waals surface area contributed by atoms with E-state index in [9.17, 15) is 4.79 Å². The molecule has 2 aromatic rings. The number of fused-ring (bicyclic) bond motifs is 1. The molecular weight excluding hydrogens is 330 g/mol. The van der Waals surface area contributed by atoms with Crippen LogP contribution in [0, 0.1) is 0 Å². The number of nitrogen functional groups attached to an aromatic ring is 1. The van der Waals surface area contributed by atoms with Gasteiger partial charge in [0.1, 0.15) is 5.60 Å². The van der Waals surface area contributed by atoms with E-state index in [1.54, 1.807) is 0 Å². The van der Waals surface area contributed by atoms with E-state index in [1.165, 1.54) is 0 Å². The van der Waals surface area contributed by atoms with Gasteiger partial charge >= 0.3 is 6.09 Å². The number of likely N-dealkylation sites (N-methyl/N-ethyl adjacent to an activating group) is 1. The van der Waals surface area contributed by atoms with Crippen LogP contribution in [0.5, 0.6) is 0 Å². The van der Waals surface area contributed by atoms with Gasteiger partial charge in [-0.2, -0.15) is 0 Å². The van der Waals surface area contributed by atoms with Crippen LogP contribution < -0.4 is 10.6 Å². The van der Waals surface area contributed by atoms with Crippen LogP contribution in [0.2, 0.25) is 0 Å². The molecule has 1 amide bonds. The van der Waals surface area contributed by atoms with Crippen LogP contribution in [0.3, 0.4) is 0 Å². The Labute approximate surface area is 154 Å². The average Bonchev–Trinajstić information content (AvgIpc) is 3.00. The lowest BCUT2D eigenvalue weighted by Crippen LogP contribution is -2.44. The molecule has 1 aromatic heterocycles. The summed E-state index contributed by atoms with van der Waals surface area (Å²) in [6.07, 6.45) is 1.65. The second kappa shape index (κ2) is 6.97. The van der Waals surface area contributed by atoms with Crippen LogP contribution in [-0.2, 0) is 4.74 Å². The summed E-state index contributed by atoms with van der Waals surface area (Å²) in [6, 6.07) is 7.73. The smallest absolute Gasteiger partial charge is 0.410 e. The number of aromatic nitrogens is 2. The van der Waals surface area contributed by atoms with Crippen molar-refractivity contribution in [1.29, 1.82) is 0 Å². The molecule has 26 heavy (non-hydrogen) atoms. The van der Waals surface area contributed by atoms with Gasteiger partial charge in [0.25, 0.3) is 0 Å². The lowest BCUT2D eigenvalue weighted by molar-refractivity contribution is 0.0232. The Morgan fingerprint density at radius 3 is 2.62 bits per heavy atom. The molecule has 1 fully saturated rings. The number of nitrogens with two attached hydrogens (primary N) is 1. The van der Waals surface area contributed by atoms with Gasteiger partial charge in [0.05, 0.1) is 17.1 Å². The fourth-order valence-electron chi connectivity index (χ4n) is 3.27. The number of benzene rings is 1. The van der Waals surface area contributed by atoms with E-state index in [2.05, 4.69) is 9.97 Å². The van der Waals surface area contributed by atoms with Gasteiger partial charge in [-0.1, -0.05) is 12.1 Å². The molecule has 3 rings (SSSR count). The first-order valence-electron chi connectivity index (χ1n) is 8.97. The van der Waals surface area contributed by atoms with Crippen molar-refractivity contribution in [3.05, 3.63) is 24.3 Å². The van der Waals surface area contributed by atoms with E-state index in [0.717, 1.165) is 23.9 Å². The first-order chi connectivity index (χ1) is 12.2. The molecule has 140 valence electrons. The zero-order valence-corrected chi connectivity index (χ0v) is 15.9. The number of rotatable bonds is 3. The molecule has 0 radical (unpaired) electrons. The molecule has 0 saturated carbocycles. The minimum Gasteiger partial charge on any atom is -0.444 e. The van der Waals surface area contributed by atoms with Gasteiger partial charge in [-0.25, -0.2) is 14.8 Å². The Kier molecular flexibility index (Phi) is 4.89. The number of carbonyl (C=O) groups is 1. The fourth-order valence-corrected chi connectivity index (χ4v) is 3.27. The van der Waals surface area contributed by atoms with Crippen molar-refractivity contribution >= 4 is 28.8 Å². The van der Waals surface area contributed by atoms with E-state index in [-0.39, 0.29) is 12.1 Å². The second-order valence-electron chi connectivity index (χ2n) is 7.77. The van der Waals surface area contributed by atoms with Crippen LogP contribution >= 0.6 is 0 Å². The molecule has 0 bridgehead atoms. The largest absolute Gasteiger partial charge is 0.444 e. The number of para-hydroxylation sites is 2. The van der Waals surface area contributed by atoms with Crippen molar-refractivity contribution in [3.63, 3.8) is 0 Å². The Bertz CT molecular complexity index is 802. The van der Waals surface area contributed by atoms with Crippen LogP contribution in [0.15, 0.2) is 24.3 Å². The molecule has 1 atom stereocenters. The molecule has 7 nitrogen and oxygen atoms in total. The quantitative estimate of drug-likeness (QED) is 0.909. The van der Waals surface area contributed by atoms with Crippen LogP contribution in [0.4, 0.5) is 16.4 Å². The molecular formula is C19H27N5O2. The predicted molar refractivity (Wildman–Crippen MR) is 103 cm³/mol. The summed E-state index contributed by atoms with van der Waals surface area (Å²) in [5.41, 5.74) is 7.20. The van der Waals surface area contributed by atoms with Crippen molar-refractivity contribution in [2.45, 2.75) is 45.3 Å². The van der Waals surface area contributed by atoms with Crippen LogP contribution in [0.1, 0.15) is 33.6 Å². The summed E-state index contributed by atoms with van der Waals surface area (Å²) in [7, 11) is 1.93. The first-order valence-corrected chi connectivity index (χ1v) is 8.97. The third-order valence-corrected chi connectivity index (χ3v) is 4.43. The highest BCUT2D eigenvalue weighted by molar-refractivity contribution is 5.79. The van der Waals surface area contributed by atoms with Gasteiger partial charge in [-0.05, 0) is 45.7 Å². The van der Waals surface area contributed by atoms with Gasteiger partial charge in [-0.3, -0.25) is 0 Å². The summed E-state index contributed by atoms with van der Waals surface area (Å²) < 4.78 is 5.54. The van der Waals surface area contributed by atoms with Crippen molar-refractivity contribution in [3.8, 4) is 0 Å². The highest BCUT2D eigenvalue weighted by atomic mass is 16.6. The molecule has 0 aliphatic carbocycles. The Hall–Kier alpha value is -2.57. The van der Waals surface area contributed by atoms with E-state index in [1.807, 2.05) is 61.9 Å². The summed E-state index contributed by atoms with van der Waals surface area (Å²) in [4.78, 5) is 25.3. The zero-order valence-electron chi connectivity index (χ0n) is 15.9. The van der Waals surface area contributed by atoms with Gasteiger partial charge in [-0.15, -0.1) is 0 Å². The van der Waals surface area contributed by atoms with E-state index >= 15 is 0 Å². The molecule has 0 spiro atoms. The van der Waals surface area contributed by atoms with Crippen molar-refractivity contribution in [2.24, 2.45) is 0 Å². The number of hydrogen-bond donors (Lipinski definition) is 1. The molecule has 1 aliphatic heterocycles. The number of anilines is 2. The molecule has 2 N–H and O–H groups in total. The minimum atomic E-state index is -0.496. The topological polar surface area (TPSA) is 84.6 Å². The summed E-state index contributed by atoms with van der Waals surface area (Å²) in [5.74, 6) is 1.03. The highest BCUT2D eigenvalue weighted by Gasteiger charge is 2.33. The summed E-state index contributed by atoms with van der Waals surface area (Å²) in [5, 5.41) is 0. The molecule has 0 unspecified atom stereocenters. The summed E-state index contributed by atoms with van der Waals surface area (Å²) in [6.45, 7) is 7.00. The van der Waals surface area contributed by atoms with E-state index in [0.29, 0.717) is 24.7 Å². The summed E-state index contributed by atoms with van der Waals surface area (Å²) >= 11 is 0. The van der Waals surface area contributed by atoms with E-state index in [4.69, 9.17) is 10.5 Å². The molecule has 1 aromatic carbocycles. The lowest BCUT2D eigenvalue weighted by Gasteiger charge is -2.31. The predicted octanol–water partition coefficient (Wildman–Crippen LogP) is 3.05. The number of carbonyl (C=O) groups excluding carboxylic acids is 1. The maximum absolute atomic E-state index is 12.5. The maximum Gasteiger partial charge on any atom is 0.410 e. The third-order valence-electron chi connectivity index (χ3n) is 4.43. The molecule has 1 aliphatic rings. The number of hydrogen-bond acceptors (Lipinski definition) is 6. The minimum absolute atomic E-state index is 0.0718. The van der Waals surface area contributed by atoms with Crippen molar-refractivity contribution in [1.82, 2.24) is 14.9 Å². The molecule has 2 heterocycles. The SMILES string of the molecule is CN(C[C@@H]1CCCN1C(=O)OC(C)(C)C)c1nc2ccccc2nc1N. The van der Waals surface area contributed by atoms with Crippen LogP contribution in [-0.4, -0.2) is 52.7 Å². The maximum atomic E-state index is 12.5. The Morgan fingerprint density at radius 1 is 1.31 bits per heavy atom. The van der Waals surface area contributed by atoms with Gasteiger partial charge in [0.15, 0.2) is 11.6 Å². The van der Waals surface area contributed by atoms with Gasteiger partial charge in [0, 0.05) is 20.1 Å². The lowest BCUT2D eigenvalue weighted by atomic mass is 10.2. The third kappa shape index (κ3) is 3.98. The Balaban J connectivity index is 1.75. The highest BCUT2D eigenvalue weighted by Crippen LogP contribution is 2.25. The normalized spacial score (nSPS) is 17.5. The molecule has 7 heteroatoms. The first kappa shape index (κ1) is 18.2. The number of ether oxygens (including phenoxy) is 1. The fraction of sp³-hybridized carbons (Fsp3) is 0.526. The van der Waals surface area contributed by atoms with E-state index < -0.39 is 5.60 Å². The Morgan fingerprint density at radius 2 is 1.96 bits per heavy atom. The van der Waals surface area contributed by atoms with Crippen molar-refractivity contribution < 1.29 is 9.53 Å². The standard InChI is InChI=1S/C19H27N5O2/c1-19(2,3)26-18(25)24-11-7-8-13(24)12-23(4)17-16(20)21-14-9-5-6-10-15(14)22-17/h5-6,9-10,13H,7-8,11-12H2,1-4H3,(H2,20,21)/t13-/m0/s1. The monoisotopic (exact) mass is 357 g/mol. The number of likely N-dealkylation sites (tertiary alicyclic amines) is 1. The second-order valence-corrected chi connectivity index (χ2v) is 7.77. The van der Waals surface area contributed by atoms with Crippen molar-refractivity contribution in [2.75, 3.05) is 30.8 Å². The average molecular weight is 357 g/mol. The van der Waals surface area contributed by atoms with Gasteiger partial charge in [0.2, 0.25) is 0 Å². The number of amides is 1.